The van der Waals surface area contributed by atoms with E-state index < -0.39 is 5.41 Å². The quantitative estimate of drug-likeness (QED) is 0.519. The maximum Gasteiger partial charge on any atom is -1.00 e. The largest absolute Gasteiger partial charge is 1.00 e. The van der Waals surface area contributed by atoms with Gasteiger partial charge in [-0.3, -0.25) is 0 Å². The molecule has 0 saturated carbocycles. The molecule has 2 atom stereocenters. The van der Waals surface area contributed by atoms with Crippen LogP contribution in [0.1, 0.15) is 77.4 Å². The summed E-state index contributed by atoms with van der Waals surface area (Å²) < 4.78 is 0.323. The molecule has 0 radical (unpaired) electrons. The SMILES string of the molecule is Cc1c(C)c(C)c2c(c1C)-c1c(C)c(C)c(C)c(C(=O)C3(C)C=CC=CC3)c1[CH]2[Zr+2].[Cl-].[Cl-]. The molecule has 2 aliphatic carbocycles. The average Bonchev–Trinajstić information content (AvgIpc) is 3.02. The van der Waals surface area contributed by atoms with Gasteiger partial charge in [0.2, 0.25) is 0 Å². The summed E-state index contributed by atoms with van der Waals surface area (Å²) in [5, 5.41) is 0. The van der Waals surface area contributed by atoms with Crippen LogP contribution in [-0.4, -0.2) is 5.78 Å². The van der Waals surface area contributed by atoms with Gasteiger partial charge in [-0.15, -0.1) is 0 Å². The summed E-state index contributed by atoms with van der Waals surface area (Å²) in [4.78, 5) is 14.1. The van der Waals surface area contributed by atoms with Gasteiger partial charge in [-0.2, -0.15) is 0 Å². The van der Waals surface area contributed by atoms with Crippen LogP contribution in [-0.2, 0) is 24.7 Å². The first kappa shape index (κ1) is 27.3. The number of allylic oxidation sites excluding steroid dienone is 4. The number of ketones is 1. The Labute approximate surface area is 220 Å². The van der Waals surface area contributed by atoms with E-state index in [0.29, 0.717) is 3.63 Å². The minimum atomic E-state index is -0.463. The fourth-order valence-corrected chi connectivity index (χ4v) is 7.04. The van der Waals surface area contributed by atoms with E-state index in [1.165, 1.54) is 85.9 Å². The van der Waals surface area contributed by atoms with E-state index in [0.717, 1.165) is 12.0 Å². The van der Waals surface area contributed by atoms with Gasteiger partial charge in [-0.05, 0) is 0 Å². The average molecular weight is 546 g/mol. The maximum absolute atomic E-state index is 14.1. The van der Waals surface area contributed by atoms with Crippen LogP contribution in [0.4, 0.5) is 0 Å². The molecule has 0 amide bonds. The molecule has 0 fully saturated rings. The van der Waals surface area contributed by atoms with E-state index in [-0.39, 0.29) is 30.6 Å². The van der Waals surface area contributed by atoms with Gasteiger partial charge < -0.3 is 24.8 Å². The van der Waals surface area contributed by atoms with Crippen molar-refractivity contribution in [1.82, 2.24) is 0 Å². The van der Waals surface area contributed by atoms with Crippen molar-refractivity contribution >= 4 is 5.78 Å². The molecule has 2 aliphatic rings. The standard InChI is InChI=1S/C28H31O.2ClH.Zr/c1-15-16(2)19(5)24-22(18(15)4)14-23-25(24)20(6)17(3)21(7)26(23)27(29)28(8)12-10-9-11-13-28;;;/h9-12,14H,13H2,1-8H3;2*1H;/q;;;+2/p-2. The topological polar surface area (TPSA) is 17.1 Å². The number of hydrogen-bond acceptors (Lipinski definition) is 1. The van der Waals surface area contributed by atoms with E-state index in [1.54, 1.807) is 0 Å². The first-order valence-electron chi connectivity index (χ1n) is 10.9. The first-order chi connectivity index (χ1) is 14.0. The molecule has 2 aromatic carbocycles. The van der Waals surface area contributed by atoms with Crippen molar-refractivity contribution in [3.8, 4) is 11.1 Å². The Morgan fingerprint density at radius 1 is 0.781 bits per heavy atom. The summed E-state index contributed by atoms with van der Waals surface area (Å²) in [6.07, 6.45) is 9.08. The molecular formula is C28H31Cl2OZr. The Morgan fingerprint density at radius 2 is 1.28 bits per heavy atom. The molecule has 167 valence electrons. The number of carbonyl (C=O) groups excluding carboxylic acids is 1. The Hall–Kier alpha value is -0.947. The van der Waals surface area contributed by atoms with Crippen LogP contribution in [0.3, 0.4) is 0 Å². The fraction of sp³-hybridized carbons (Fsp3) is 0.393. The summed E-state index contributed by atoms with van der Waals surface area (Å²) >= 11 is 1.46. The summed E-state index contributed by atoms with van der Waals surface area (Å²) in [6, 6.07) is 0. The fourth-order valence-electron chi connectivity index (χ4n) is 5.44. The van der Waals surface area contributed by atoms with Gasteiger partial charge in [0.05, 0.1) is 0 Å². The molecule has 0 bridgehead atoms. The number of carbonyl (C=O) groups is 1. The molecule has 0 N–H and O–H groups in total. The van der Waals surface area contributed by atoms with Crippen LogP contribution < -0.4 is 24.8 Å². The van der Waals surface area contributed by atoms with Crippen LogP contribution in [0.2, 0.25) is 0 Å². The third-order valence-electron chi connectivity index (χ3n) is 7.98. The number of fused-ring (bicyclic) bond motifs is 3. The third-order valence-corrected chi connectivity index (χ3v) is 9.39. The molecule has 2 aromatic rings. The summed E-state index contributed by atoms with van der Waals surface area (Å²) in [5.74, 6) is 0.281. The molecule has 4 rings (SSSR count). The smallest absolute Gasteiger partial charge is 1.00 e. The maximum atomic E-state index is 14.1. The van der Waals surface area contributed by atoms with E-state index in [1.807, 2.05) is 12.2 Å². The minimum absolute atomic E-state index is 0. The Kier molecular flexibility index (Phi) is 7.99. The zero-order chi connectivity index (χ0) is 22.1. The molecule has 0 aromatic heterocycles. The molecule has 0 saturated heterocycles. The van der Waals surface area contributed by atoms with Gasteiger partial charge in [-0.1, -0.05) is 0 Å². The number of Topliss-reactive ketones (excluding diaryl/α,β-unsaturated/α-hetero) is 1. The molecule has 0 heterocycles. The van der Waals surface area contributed by atoms with Gasteiger partial charge in [-0.25, -0.2) is 0 Å². The molecule has 4 heteroatoms. The Morgan fingerprint density at radius 3 is 1.81 bits per heavy atom. The van der Waals surface area contributed by atoms with Gasteiger partial charge in [0, 0.05) is 0 Å². The van der Waals surface area contributed by atoms with Crippen molar-refractivity contribution in [1.29, 1.82) is 0 Å². The van der Waals surface area contributed by atoms with E-state index >= 15 is 0 Å². The predicted octanol–water partition coefficient (Wildman–Crippen LogP) is 1.18. The third kappa shape index (κ3) is 3.66. The van der Waals surface area contributed by atoms with Crippen LogP contribution >= 0.6 is 0 Å². The zero-order valence-electron chi connectivity index (χ0n) is 20.3. The Bertz CT molecular complexity index is 1190. The van der Waals surface area contributed by atoms with Crippen LogP contribution in [0.25, 0.3) is 11.1 Å². The second-order valence-electron chi connectivity index (χ2n) is 9.50. The Balaban J connectivity index is 0.00000181. The summed E-state index contributed by atoms with van der Waals surface area (Å²) in [5.41, 5.74) is 15.4. The van der Waals surface area contributed by atoms with Crippen molar-refractivity contribution < 1.29 is 54.3 Å². The first-order valence-corrected chi connectivity index (χ1v) is 12.3. The molecule has 1 nitrogen and oxygen atoms in total. The van der Waals surface area contributed by atoms with Gasteiger partial charge in [0.15, 0.2) is 0 Å². The van der Waals surface area contributed by atoms with E-state index in [4.69, 9.17) is 0 Å². The normalized spacial score (nSPS) is 20.4. The van der Waals surface area contributed by atoms with E-state index in [2.05, 4.69) is 67.5 Å². The molecular weight excluding hydrogens is 514 g/mol. The van der Waals surface area contributed by atoms with Gasteiger partial charge in [0.1, 0.15) is 0 Å². The molecule has 0 aliphatic heterocycles. The van der Waals surface area contributed by atoms with Crippen molar-refractivity contribution in [2.24, 2.45) is 5.41 Å². The second-order valence-corrected chi connectivity index (χ2v) is 10.9. The van der Waals surface area contributed by atoms with Gasteiger partial charge >= 0.3 is 197 Å². The molecule has 0 spiro atoms. The summed E-state index contributed by atoms with van der Waals surface area (Å²) in [7, 11) is 0. The summed E-state index contributed by atoms with van der Waals surface area (Å²) in [6.45, 7) is 17.7. The number of hydrogen-bond donors (Lipinski definition) is 0. The minimum Gasteiger partial charge on any atom is -1.00 e. The van der Waals surface area contributed by atoms with Crippen molar-refractivity contribution in [3.63, 3.8) is 0 Å². The molecule has 2 unspecified atom stereocenters. The zero-order valence-corrected chi connectivity index (χ0v) is 24.2. The number of halogens is 2. The van der Waals surface area contributed by atoms with Gasteiger partial charge in [0.25, 0.3) is 0 Å². The molecule has 32 heavy (non-hydrogen) atoms. The van der Waals surface area contributed by atoms with Crippen molar-refractivity contribution in [3.05, 3.63) is 79.9 Å². The number of benzene rings is 2. The number of rotatable bonds is 2. The predicted molar refractivity (Wildman–Crippen MR) is 122 cm³/mol. The van der Waals surface area contributed by atoms with Crippen LogP contribution in [0.15, 0.2) is 24.3 Å². The monoisotopic (exact) mass is 543 g/mol. The van der Waals surface area contributed by atoms with Crippen LogP contribution in [0, 0.1) is 53.9 Å². The van der Waals surface area contributed by atoms with E-state index in [9.17, 15) is 4.79 Å². The van der Waals surface area contributed by atoms with Crippen molar-refractivity contribution in [2.75, 3.05) is 0 Å². The van der Waals surface area contributed by atoms with Crippen molar-refractivity contribution in [2.45, 2.75) is 65.4 Å². The second kappa shape index (κ2) is 9.36. The van der Waals surface area contributed by atoms with Crippen LogP contribution in [0.5, 0.6) is 0 Å².